The van der Waals surface area contributed by atoms with Crippen LogP contribution in [0.2, 0.25) is 0 Å². The van der Waals surface area contributed by atoms with Crippen molar-refractivity contribution in [1.29, 1.82) is 5.26 Å². The van der Waals surface area contributed by atoms with E-state index in [1.54, 1.807) is 24.3 Å². The summed E-state index contributed by atoms with van der Waals surface area (Å²) in [6.45, 7) is 2.34. The molecule has 0 radical (unpaired) electrons. The molecular formula is C14H17NO3. The molecule has 1 N–H and O–H groups in total. The lowest BCUT2D eigenvalue weighted by atomic mass is 10.0. The second-order valence-electron chi connectivity index (χ2n) is 4.01. The fourth-order valence-corrected chi connectivity index (χ4v) is 1.52. The van der Waals surface area contributed by atoms with Crippen molar-refractivity contribution in [3.8, 4) is 6.07 Å². The summed E-state index contributed by atoms with van der Waals surface area (Å²) in [6, 6.07) is 8.77. The summed E-state index contributed by atoms with van der Waals surface area (Å²) in [4.78, 5) is 11.3. The Labute approximate surface area is 107 Å². The molecule has 0 fully saturated rings. The van der Waals surface area contributed by atoms with Gasteiger partial charge >= 0.3 is 5.97 Å². The summed E-state index contributed by atoms with van der Waals surface area (Å²) in [5, 5.41) is 18.7. The summed E-state index contributed by atoms with van der Waals surface area (Å²) < 4.78 is 4.92. The molecule has 0 aliphatic carbocycles. The van der Waals surface area contributed by atoms with E-state index >= 15 is 0 Å². The summed E-state index contributed by atoms with van der Waals surface area (Å²) >= 11 is 0. The van der Waals surface area contributed by atoms with Gasteiger partial charge in [0.2, 0.25) is 0 Å². The first-order valence-corrected chi connectivity index (χ1v) is 6.01. The van der Waals surface area contributed by atoms with E-state index in [4.69, 9.17) is 10.00 Å². The quantitative estimate of drug-likeness (QED) is 0.783. The molecule has 0 amide bonds. The minimum Gasteiger partial charge on any atom is -0.466 e. The van der Waals surface area contributed by atoms with E-state index in [1.165, 1.54) is 0 Å². The van der Waals surface area contributed by atoms with Gasteiger partial charge in [-0.05, 0) is 30.5 Å². The smallest absolute Gasteiger partial charge is 0.305 e. The number of esters is 1. The second kappa shape index (κ2) is 7.46. The predicted octanol–water partition coefficient (Wildman–Crippen LogP) is 2.33. The highest BCUT2D eigenvalue weighted by molar-refractivity contribution is 5.69. The van der Waals surface area contributed by atoms with Crippen molar-refractivity contribution in [3.05, 3.63) is 35.4 Å². The van der Waals surface area contributed by atoms with Crippen LogP contribution in [-0.4, -0.2) is 17.7 Å². The molecule has 1 aromatic rings. The molecule has 0 aliphatic heterocycles. The van der Waals surface area contributed by atoms with Gasteiger partial charge in [0.15, 0.2) is 0 Å². The number of rotatable bonds is 6. The first-order chi connectivity index (χ1) is 8.67. The van der Waals surface area contributed by atoms with E-state index in [-0.39, 0.29) is 12.4 Å². The van der Waals surface area contributed by atoms with Crippen molar-refractivity contribution in [2.24, 2.45) is 0 Å². The van der Waals surface area contributed by atoms with Gasteiger partial charge in [0.25, 0.3) is 0 Å². The maximum atomic E-state index is 11.3. The number of hydrogen-bond acceptors (Lipinski definition) is 4. The van der Waals surface area contributed by atoms with Crippen LogP contribution in [-0.2, 0) is 9.53 Å². The average Bonchev–Trinajstić information content (AvgIpc) is 2.42. The van der Waals surface area contributed by atoms with Crippen molar-refractivity contribution in [1.82, 2.24) is 0 Å². The van der Waals surface area contributed by atoms with Crippen molar-refractivity contribution >= 4 is 5.97 Å². The molecule has 0 heterocycles. The predicted molar refractivity (Wildman–Crippen MR) is 66.6 cm³/mol. The average molecular weight is 247 g/mol. The van der Waals surface area contributed by atoms with Crippen LogP contribution in [0.15, 0.2) is 24.3 Å². The number of ether oxygens (including phenoxy) is 1. The van der Waals surface area contributed by atoms with Crippen LogP contribution in [0.25, 0.3) is 0 Å². The molecule has 0 bridgehead atoms. The first kappa shape index (κ1) is 14.2. The Hall–Kier alpha value is -1.86. The van der Waals surface area contributed by atoms with Crippen molar-refractivity contribution in [2.45, 2.75) is 32.3 Å². The zero-order valence-corrected chi connectivity index (χ0v) is 10.4. The third kappa shape index (κ3) is 4.56. The Balaban J connectivity index is 2.47. The monoisotopic (exact) mass is 247 g/mol. The number of hydrogen-bond donors (Lipinski definition) is 1. The van der Waals surface area contributed by atoms with Gasteiger partial charge in [0.1, 0.15) is 0 Å². The molecule has 1 aromatic carbocycles. The van der Waals surface area contributed by atoms with Gasteiger partial charge in [-0.1, -0.05) is 19.1 Å². The topological polar surface area (TPSA) is 70.3 Å². The summed E-state index contributed by atoms with van der Waals surface area (Å²) in [6.07, 6.45) is 0.529. The van der Waals surface area contributed by atoms with Crippen LogP contribution in [0.1, 0.15) is 43.4 Å². The number of nitrogens with zero attached hydrogens (tertiary/aromatic N) is 1. The molecule has 1 atom stereocenters. The molecule has 96 valence electrons. The van der Waals surface area contributed by atoms with Crippen molar-refractivity contribution in [2.75, 3.05) is 6.61 Å². The van der Waals surface area contributed by atoms with Gasteiger partial charge in [-0.15, -0.1) is 0 Å². The molecule has 0 saturated carbocycles. The molecule has 0 saturated heterocycles. The number of aliphatic hydroxyl groups excluding tert-OH is 1. The van der Waals surface area contributed by atoms with Crippen LogP contribution in [0.5, 0.6) is 0 Å². The number of aliphatic hydroxyl groups is 1. The maximum Gasteiger partial charge on any atom is 0.305 e. The minimum atomic E-state index is -0.743. The Morgan fingerprint density at radius 3 is 3.00 bits per heavy atom. The molecular weight excluding hydrogens is 230 g/mol. The van der Waals surface area contributed by atoms with Crippen molar-refractivity contribution in [3.63, 3.8) is 0 Å². The van der Waals surface area contributed by atoms with Crippen LogP contribution >= 0.6 is 0 Å². The zero-order valence-electron chi connectivity index (χ0n) is 10.4. The van der Waals surface area contributed by atoms with Gasteiger partial charge < -0.3 is 9.84 Å². The maximum absolute atomic E-state index is 11.3. The highest BCUT2D eigenvalue weighted by Gasteiger charge is 2.11. The molecule has 4 heteroatoms. The van der Waals surface area contributed by atoms with Gasteiger partial charge in [-0.2, -0.15) is 5.26 Å². The van der Waals surface area contributed by atoms with Gasteiger partial charge in [0, 0.05) is 6.42 Å². The van der Waals surface area contributed by atoms with Crippen molar-refractivity contribution < 1.29 is 14.6 Å². The van der Waals surface area contributed by atoms with E-state index in [0.717, 1.165) is 6.42 Å². The molecule has 4 nitrogen and oxygen atoms in total. The molecule has 1 unspecified atom stereocenters. The largest absolute Gasteiger partial charge is 0.466 e. The first-order valence-electron chi connectivity index (χ1n) is 6.01. The molecule has 0 aliphatic rings. The number of nitriles is 1. The van der Waals surface area contributed by atoms with Gasteiger partial charge in [0.05, 0.1) is 24.3 Å². The lowest BCUT2D eigenvalue weighted by Crippen LogP contribution is -2.08. The summed E-state index contributed by atoms with van der Waals surface area (Å²) in [5.74, 6) is -0.299. The summed E-state index contributed by atoms with van der Waals surface area (Å²) in [5.41, 5.74) is 1.15. The van der Waals surface area contributed by atoms with Crippen LogP contribution in [0, 0.1) is 11.3 Å². The lowest BCUT2D eigenvalue weighted by Gasteiger charge is -2.10. The fourth-order valence-electron chi connectivity index (χ4n) is 1.52. The highest BCUT2D eigenvalue weighted by atomic mass is 16.5. The van der Waals surface area contributed by atoms with Gasteiger partial charge in [-0.25, -0.2) is 0 Å². The molecule has 0 spiro atoms. The third-order valence-corrected chi connectivity index (χ3v) is 2.49. The third-order valence-electron chi connectivity index (χ3n) is 2.49. The van der Waals surface area contributed by atoms with E-state index < -0.39 is 6.10 Å². The Bertz CT molecular complexity index is 437. The number of benzene rings is 1. The minimum absolute atomic E-state index is 0.179. The van der Waals surface area contributed by atoms with E-state index in [1.807, 2.05) is 13.0 Å². The van der Waals surface area contributed by atoms with Crippen LogP contribution in [0.3, 0.4) is 0 Å². The van der Waals surface area contributed by atoms with Crippen LogP contribution in [0.4, 0.5) is 0 Å². The van der Waals surface area contributed by atoms with Gasteiger partial charge in [-0.3, -0.25) is 4.79 Å². The standard InChI is InChI=1S/C14H17NO3/c1-2-8-18-14(17)7-6-13(16)12-5-3-4-11(9-12)10-15/h3-5,9,13,16H,2,6-8H2,1H3. The lowest BCUT2D eigenvalue weighted by molar-refractivity contribution is -0.144. The Kier molecular flexibility index (Phi) is 5.89. The van der Waals surface area contributed by atoms with E-state index in [0.29, 0.717) is 24.2 Å². The SMILES string of the molecule is CCCOC(=O)CCC(O)c1cccc(C#N)c1. The molecule has 18 heavy (non-hydrogen) atoms. The molecule has 0 aromatic heterocycles. The highest BCUT2D eigenvalue weighted by Crippen LogP contribution is 2.19. The number of carbonyl (C=O) groups is 1. The van der Waals surface area contributed by atoms with E-state index in [2.05, 4.69) is 0 Å². The normalized spacial score (nSPS) is 11.6. The van der Waals surface area contributed by atoms with E-state index in [9.17, 15) is 9.90 Å². The number of carbonyl (C=O) groups excluding carboxylic acids is 1. The van der Waals surface area contributed by atoms with Crippen LogP contribution < -0.4 is 0 Å². The summed E-state index contributed by atoms with van der Waals surface area (Å²) in [7, 11) is 0. The Morgan fingerprint density at radius 2 is 2.33 bits per heavy atom. The second-order valence-corrected chi connectivity index (χ2v) is 4.01. The zero-order chi connectivity index (χ0) is 13.4. The molecule has 1 rings (SSSR count). The Morgan fingerprint density at radius 1 is 1.56 bits per heavy atom. The fraction of sp³-hybridized carbons (Fsp3) is 0.429.